The van der Waals surface area contributed by atoms with Gasteiger partial charge in [0.2, 0.25) is 5.91 Å². The zero-order valence-electron chi connectivity index (χ0n) is 16.4. The number of hydrogen-bond donors (Lipinski definition) is 1. The maximum Gasteiger partial charge on any atom is 0.272 e. The van der Waals surface area contributed by atoms with Gasteiger partial charge in [0.15, 0.2) is 0 Å². The van der Waals surface area contributed by atoms with Gasteiger partial charge >= 0.3 is 0 Å². The minimum Gasteiger partial charge on any atom is -0.310 e. The number of benzene rings is 2. The van der Waals surface area contributed by atoms with Gasteiger partial charge in [-0.25, -0.2) is 9.37 Å². The normalized spacial score (nSPS) is 15.5. The molecule has 31 heavy (non-hydrogen) atoms. The van der Waals surface area contributed by atoms with Crippen molar-refractivity contribution in [2.75, 3.05) is 5.32 Å². The van der Waals surface area contributed by atoms with E-state index in [4.69, 9.17) is 11.6 Å². The summed E-state index contributed by atoms with van der Waals surface area (Å²) in [6.07, 6.45) is 1.80. The predicted octanol–water partition coefficient (Wildman–Crippen LogP) is 4.30. The third-order valence-electron chi connectivity index (χ3n) is 5.25. The molecule has 154 valence electrons. The predicted molar refractivity (Wildman–Crippen MR) is 114 cm³/mol. The Morgan fingerprint density at radius 2 is 1.87 bits per heavy atom. The summed E-state index contributed by atoms with van der Waals surface area (Å²) >= 11 is 5.97. The summed E-state index contributed by atoms with van der Waals surface area (Å²) in [4.78, 5) is 17.1. The minimum atomic E-state index is -0.324. The summed E-state index contributed by atoms with van der Waals surface area (Å²) in [5, 5.41) is 16.3. The summed E-state index contributed by atoms with van der Waals surface area (Å²) in [5.41, 5.74) is 3.85. The number of halogens is 2. The van der Waals surface area contributed by atoms with Crippen LogP contribution in [0.2, 0.25) is 5.02 Å². The smallest absolute Gasteiger partial charge is 0.272 e. The molecule has 0 fully saturated rings. The first kappa shape index (κ1) is 19.3. The average Bonchev–Trinajstić information content (AvgIpc) is 3.10. The van der Waals surface area contributed by atoms with Crippen LogP contribution in [0.1, 0.15) is 29.2 Å². The topological polar surface area (TPSA) is 85.6 Å². The van der Waals surface area contributed by atoms with Crippen LogP contribution in [0.15, 0.2) is 54.7 Å². The van der Waals surface area contributed by atoms with E-state index in [0.717, 1.165) is 22.4 Å². The summed E-state index contributed by atoms with van der Waals surface area (Å²) in [7, 11) is 0. The van der Waals surface area contributed by atoms with Crippen molar-refractivity contribution in [3.8, 4) is 17.2 Å². The van der Waals surface area contributed by atoms with Gasteiger partial charge < -0.3 is 5.32 Å². The first-order chi connectivity index (χ1) is 15.0. The van der Waals surface area contributed by atoms with E-state index in [0.29, 0.717) is 16.5 Å². The molecule has 0 saturated carbocycles. The lowest BCUT2D eigenvalue weighted by atomic mass is 9.86. The monoisotopic (exact) mass is 434 g/mol. The SMILES string of the molecule is Cc1nn(-c2nncc(-c3ccc(Cl)cc3)n2)c2c1C(c1ccc(F)cc1)CC(=O)N2. The molecule has 0 saturated heterocycles. The van der Waals surface area contributed by atoms with Gasteiger partial charge in [0.05, 0.1) is 17.6 Å². The van der Waals surface area contributed by atoms with Crippen LogP contribution in [0.3, 0.4) is 0 Å². The van der Waals surface area contributed by atoms with Crippen molar-refractivity contribution in [3.63, 3.8) is 0 Å². The first-order valence-electron chi connectivity index (χ1n) is 9.60. The Labute approximate surface area is 181 Å². The number of rotatable bonds is 3. The lowest BCUT2D eigenvalue weighted by molar-refractivity contribution is -0.116. The summed E-state index contributed by atoms with van der Waals surface area (Å²) in [6, 6.07) is 13.4. The Bertz CT molecular complexity index is 1290. The highest BCUT2D eigenvalue weighted by Crippen LogP contribution is 2.39. The fourth-order valence-corrected chi connectivity index (χ4v) is 3.94. The summed E-state index contributed by atoms with van der Waals surface area (Å²) in [6.45, 7) is 1.86. The van der Waals surface area contributed by atoms with Crippen LogP contribution in [0.25, 0.3) is 17.2 Å². The third-order valence-corrected chi connectivity index (χ3v) is 5.50. The molecule has 2 aromatic heterocycles. The lowest BCUT2D eigenvalue weighted by Gasteiger charge is -2.24. The van der Waals surface area contributed by atoms with Crippen LogP contribution in [0, 0.1) is 12.7 Å². The first-order valence-corrected chi connectivity index (χ1v) is 9.98. The number of carbonyl (C=O) groups is 1. The van der Waals surface area contributed by atoms with Crippen molar-refractivity contribution in [3.05, 3.63) is 82.4 Å². The largest absolute Gasteiger partial charge is 0.310 e. The fourth-order valence-electron chi connectivity index (χ4n) is 3.82. The second-order valence-electron chi connectivity index (χ2n) is 7.26. The summed E-state index contributed by atoms with van der Waals surface area (Å²) < 4.78 is 14.9. The molecule has 3 heterocycles. The molecule has 1 aliphatic heterocycles. The van der Waals surface area contributed by atoms with E-state index in [1.807, 2.05) is 19.1 Å². The van der Waals surface area contributed by atoms with Crippen molar-refractivity contribution < 1.29 is 9.18 Å². The van der Waals surface area contributed by atoms with E-state index in [9.17, 15) is 9.18 Å². The number of carbonyl (C=O) groups excluding carboxylic acids is 1. The van der Waals surface area contributed by atoms with Crippen molar-refractivity contribution in [1.29, 1.82) is 0 Å². The zero-order valence-corrected chi connectivity index (χ0v) is 17.1. The van der Waals surface area contributed by atoms with Gasteiger partial charge in [-0.3, -0.25) is 4.79 Å². The Morgan fingerprint density at radius 1 is 1.13 bits per heavy atom. The highest BCUT2D eigenvalue weighted by molar-refractivity contribution is 6.30. The zero-order chi connectivity index (χ0) is 21.5. The Morgan fingerprint density at radius 3 is 2.61 bits per heavy atom. The van der Waals surface area contributed by atoms with Gasteiger partial charge in [-0.05, 0) is 36.8 Å². The molecule has 0 aliphatic carbocycles. The number of aryl methyl sites for hydroxylation is 1. The van der Waals surface area contributed by atoms with E-state index >= 15 is 0 Å². The molecule has 2 aromatic carbocycles. The number of anilines is 1. The van der Waals surface area contributed by atoms with E-state index < -0.39 is 0 Å². The van der Waals surface area contributed by atoms with Crippen molar-refractivity contribution in [2.45, 2.75) is 19.3 Å². The van der Waals surface area contributed by atoms with Crippen LogP contribution >= 0.6 is 11.6 Å². The van der Waals surface area contributed by atoms with Crippen LogP contribution in [0.4, 0.5) is 10.2 Å². The van der Waals surface area contributed by atoms with Gasteiger partial charge in [-0.15, -0.1) is 5.10 Å². The molecule has 1 atom stereocenters. The van der Waals surface area contributed by atoms with E-state index in [-0.39, 0.29) is 30.0 Å². The lowest BCUT2D eigenvalue weighted by Crippen LogP contribution is -2.25. The Hall–Kier alpha value is -3.65. The molecule has 9 heteroatoms. The molecular weight excluding hydrogens is 419 g/mol. The molecular formula is C22H16ClFN6O. The van der Waals surface area contributed by atoms with Gasteiger partial charge in [-0.2, -0.15) is 14.9 Å². The van der Waals surface area contributed by atoms with Crippen LogP contribution in [-0.2, 0) is 4.79 Å². The minimum absolute atomic E-state index is 0.162. The van der Waals surface area contributed by atoms with Gasteiger partial charge in [0, 0.05) is 28.5 Å². The van der Waals surface area contributed by atoms with E-state index in [1.165, 1.54) is 16.8 Å². The highest BCUT2D eigenvalue weighted by Gasteiger charge is 2.33. The fraction of sp³-hybridized carbons (Fsp3) is 0.136. The molecule has 0 spiro atoms. The average molecular weight is 435 g/mol. The van der Waals surface area contributed by atoms with E-state index in [2.05, 4.69) is 25.6 Å². The number of hydrogen-bond acceptors (Lipinski definition) is 5. The third kappa shape index (κ3) is 3.55. The quantitative estimate of drug-likeness (QED) is 0.519. The van der Waals surface area contributed by atoms with Crippen molar-refractivity contribution in [2.24, 2.45) is 0 Å². The number of fused-ring (bicyclic) bond motifs is 1. The molecule has 4 aromatic rings. The number of aromatic nitrogens is 5. The Balaban J connectivity index is 1.60. The van der Waals surface area contributed by atoms with Crippen molar-refractivity contribution >= 4 is 23.3 Å². The highest BCUT2D eigenvalue weighted by atomic mass is 35.5. The second-order valence-corrected chi connectivity index (χ2v) is 7.70. The van der Waals surface area contributed by atoms with Gasteiger partial charge in [0.1, 0.15) is 11.6 Å². The molecule has 7 nitrogen and oxygen atoms in total. The van der Waals surface area contributed by atoms with Crippen LogP contribution < -0.4 is 5.32 Å². The van der Waals surface area contributed by atoms with E-state index in [1.54, 1.807) is 30.5 Å². The van der Waals surface area contributed by atoms with Gasteiger partial charge in [0.25, 0.3) is 5.95 Å². The van der Waals surface area contributed by atoms with Gasteiger partial charge in [-0.1, -0.05) is 35.9 Å². The summed E-state index contributed by atoms with van der Waals surface area (Å²) in [5.74, 6) is 0.000393. The standard InChI is InChI=1S/C22H16ClFN6O/c1-12-20-17(13-4-8-16(24)9-5-13)10-19(31)27-21(20)30(29-12)22-26-18(11-25-28-22)14-2-6-15(23)7-3-14/h2-9,11,17H,10H2,1H3,(H,27,31). The maximum absolute atomic E-state index is 13.4. The molecule has 0 radical (unpaired) electrons. The molecule has 1 N–H and O–H groups in total. The molecule has 5 rings (SSSR count). The molecule has 1 aliphatic rings. The molecule has 0 bridgehead atoms. The molecule has 1 unspecified atom stereocenters. The van der Waals surface area contributed by atoms with Crippen LogP contribution in [0.5, 0.6) is 0 Å². The maximum atomic E-state index is 13.4. The Kier molecular flexibility index (Phi) is 4.71. The number of nitrogens with one attached hydrogen (secondary N) is 1. The van der Waals surface area contributed by atoms with Crippen LogP contribution in [-0.4, -0.2) is 30.9 Å². The number of nitrogens with zero attached hydrogens (tertiary/aromatic N) is 5. The number of amides is 1. The second kappa shape index (κ2) is 7.55. The molecule has 1 amide bonds. The van der Waals surface area contributed by atoms with Crippen molar-refractivity contribution in [1.82, 2.24) is 25.0 Å².